The number of ether oxygens (including phenoxy) is 1. The molecule has 1 saturated heterocycles. The van der Waals surface area contributed by atoms with Crippen LogP contribution in [0.2, 0.25) is 10.0 Å². The first kappa shape index (κ1) is 31.4. The Hall–Kier alpha value is -2.58. The summed E-state index contributed by atoms with van der Waals surface area (Å²) in [5.74, 6) is 0.440. The van der Waals surface area contributed by atoms with Crippen molar-refractivity contribution >= 4 is 44.8 Å². The summed E-state index contributed by atoms with van der Waals surface area (Å²) in [6.45, 7) is 3.68. The standard InChI is InChI=1S/C32H38Cl2N2O4S/c1-2-3-4-5-9-20-40-31-29(33)22-26(23-30(31)34)32(37)35-27-12-14-28(15-13-27)41(38,39)36-18-16-25(17-19-36)21-24-10-7-6-8-11-24/h6-8,10-15,22-23,25H,2-5,9,16-21H2,1H3,(H,35,37). The number of halogens is 2. The Bertz CT molecular complexity index is 1370. The van der Waals surface area contributed by atoms with E-state index >= 15 is 0 Å². The van der Waals surface area contributed by atoms with Gasteiger partial charge in [0.15, 0.2) is 5.75 Å². The summed E-state index contributed by atoms with van der Waals surface area (Å²) in [4.78, 5) is 13.1. The third-order valence-electron chi connectivity index (χ3n) is 7.45. The van der Waals surface area contributed by atoms with Crippen molar-refractivity contribution in [3.05, 3.63) is 87.9 Å². The number of hydrogen-bond donors (Lipinski definition) is 1. The minimum atomic E-state index is -3.61. The molecule has 1 aliphatic rings. The average Bonchev–Trinajstić information content (AvgIpc) is 2.97. The van der Waals surface area contributed by atoms with E-state index in [1.54, 1.807) is 16.4 Å². The van der Waals surface area contributed by atoms with Gasteiger partial charge in [0.2, 0.25) is 10.0 Å². The van der Waals surface area contributed by atoms with E-state index in [-0.39, 0.29) is 20.5 Å². The minimum absolute atomic E-state index is 0.208. The second kappa shape index (κ2) is 15.1. The number of amides is 1. The van der Waals surface area contributed by atoms with E-state index in [0.717, 1.165) is 32.1 Å². The molecule has 220 valence electrons. The van der Waals surface area contributed by atoms with Crippen molar-refractivity contribution in [1.82, 2.24) is 4.31 Å². The van der Waals surface area contributed by atoms with Crippen LogP contribution in [-0.2, 0) is 16.4 Å². The van der Waals surface area contributed by atoms with E-state index in [9.17, 15) is 13.2 Å². The first-order valence-electron chi connectivity index (χ1n) is 14.3. The molecule has 6 nitrogen and oxygen atoms in total. The van der Waals surface area contributed by atoms with Gasteiger partial charge in [0.05, 0.1) is 21.5 Å². The van der Waals surface area contributed by atoms with Crippen molar-refractivity contribution in [2.24, 2.45) is 5.92 Å². The van der Waals surface area contributed by atoms with Gasteiger partial charge in [-0.1, -0.05) is 86.1 Å². The van der Waals surface area contributed by atoms with Crippen molar-refractivity contribution < 1.29 is 17.9 Å². The van der Waals surface area contributed by atoms with Gasteiger partial charge in [0.1, 0.15) is 0 Å². The van der Waals surface area contributed by atoms with Crippen molar-refractivity contribution in [3.8, 4) is 5.75 Å². The summed E-state index contributed by atoms with van der Waals surface area (Å²) >= 11 is 12.8. The largest absolute Gasteiger partial charge is 0.490 e. The van der Waals surface area contributed by atoms with Gasteiger partial charge in [0.25, 0.3) is 5.91 Å². The number of nitrogens with zero attached hydrogens (tertiary/aromatic N) is 1. The molecule has 1 amide bonds. The fourth-order valence-electron chi connectivity index (χ4n) is 5.07. The molecule has 1 N–H and O–H groups in total. The van der Waals surface area contributed by atoms with Crippen molar-refractivity contribution in [3.63, 3.8) is 0 Å². The molecule has 1 aliphatic heterocycles. The van der Waals surface area contributed by atoms with Gasteiger partial charge >= 0.3 is 0 Å². The lowest BCUT2D eigenvalue weighted by molar-refractivity contribution is 0.102. The number of unbranched alkanes of at least 4 members (excludes halogenated alkanes) is 4. The number of carbonyl (C=O) groups is 1. The zero-order valence-electron chi connectivity index (χ0n) is 23.5. The van der Waals surface area contributed by atoms with Crippen LogP contribution in [0, 0.1) is 5.92 Å². The fourth-order valence-corrected chi connectivity index (χ4v) is 7.14. The number of carbonyl (C=O) groups excluding carboxylic acids is 1. The lowest BCUT2D eigenvalue weighted by Gasteiger charge is -2.31. The van der Waals surface area contributed by atoms with Crippen LogP contribution >= 0.6 is 23.2 Å². The number of nitrogens with one attached hydrogen (secondary N) is 1. The molecule has 0 saturated carbocycles. The van der Waals surface area contributed by atoms with Gasteiger partial charge in [-0.05, 0) is 73.6 Å². The molecule has 0 spiro atoms. The molecule has 0 radical (unpaired) electrons. The Morgan fingerprint density at radius 3 is 2.20 bits per heavy atom. The highest BCUT2D eigenvalue weighted by atomic mass is 35.5. The predicted molar refractivity (Wildman–Crippen MR) is 167 cm³/mol. The SMILES string of the molecule is CCCCCCCOc1c(Cl)cc(C(=O)Nc2ccc(S(=O)(=O)N3CCC(Cc4ccccc4)CC3)cc2)cc1Cl. The van der Waals surface area contributed by atoms with Crippen LogP contribution in [0.5, 0.6) is 5.75 Å². The quantitative estimate of drug-likeness (QED) is 0.196. The van der Waals surface area contributed by atoms with Gasteiger partial charge in [-0.3, -0.25) is 4.79 Å². The summed E-state index contributed by atoms with van der Waals surface area (Å²) in [7, 11) is -3.61. The van der Waals surface area contributed by atoms with E-state index in [1.165, 1.54) is 49.1 Å². The highest BCUT2D eigenvalue weighted by molar-refractivity contribution is 7.89. The van der Waals surface area contributed by atoms with Crippen molar-refractivity contribution in [2.45, 2.75) is 63.2 Å². The summed E-state index contributed by atoms with van der Waals surface area (Å²) in [6.07, 6.45) is 8.17. The predicted octanol–water partition coefficient (Wildman–Crippen LogP) is 8.24. The lowest BCUT2D eigenvalue weighted by atomic mass is 9.91. The zero-order chi connectivity index (χ0) is 29.2. The lowest BCUT2D eigenvalue weighted by Crippen LogP contribution is -2.38. The molecule has 0 aliphatic carbocycles. The van der Waals surface area contributed by atoms with Crippen molar-refractivity contribution in [1.29, 1.82) is 0 Å². The van der Waals surface area contributed by atoms with Crippen LogP contribution in [0.15, 0.2) is 71.6 Å². The number of sulfonamides is 1. The van der Waals surface area contributed by atoms with Gasteiger partial charge in [-0.2, -0.15) is 4.31 Å². The van der Waals surface area contributed by atoms with Crippen LogP contribution in [0.25, 0.3) is 0 Å². The highest BCUT2D eigenvalue weighted by Gasteiger charge is 2.29. The summed E-state index contributed by atoms with van der Waals surface area (Å²) in [6, 6.07) is 19.6. The van der Waals surface area contributed by atoms with Gasteiger partial charge in [0, 0.05) is 24.3 Å². The van der Waals surface area contributed by atoms with Crippen LogP contribution in [0.3, 0.4) is 0 Å². The van der Waals surface area contributed by atoms with Gasteiger partial charge in [-0.25, -0.2) is 8.42 Å². The topological polar surface area (TPSA) is 75.7 Å². The summed E-state index contributed by atoms with van der Waals surface area (Å²) in [5, 5.41) is 3.32. The zero-order valence-corrected chi connectivity index (χ0v) is 25.8. The molecular weight excluding hydrogens is 579 g/mol. The molecule has 9 heteroatoms. The average molecular weight is 618 g/mol. The molecule has 0 unspecified atom stereocenters. The maximum atomic E-state index is 13.3. The van der Waals surface area contributed by atoms with E-state index in [1.807, 2.05) is 18.2 Å². The van der Waals surface area contributed by atoms with Crippen molar-refractivity contribution in [2.75, 3.05) is 25.0 Å². The molecular formula is C32H38Cl2N2O4S. The van der Waals surface area contributed by atoms with Crippen LogP contribution in [0.4, 0.5) is 5.69 Å². The van der Waals surface area contributed by atoms with E-state index in [0.29, 0.717) is 37.1 Å². The normalized spacial score (nSPS) is 14.6. The molecule has 41 heavy (non-hydrogen) atoms. The molecule has 4 rings (SSSR count). The Morgan fingerprint density at radius 2 is 1.56 bits per heavy atom. The maximum absolute atomic E-state index is 13.3. The fraction of sp³-hybridized carbons (Fsp3) is 0.406. The van der Waals surface area contributed by atoms with Crippen LogP contribution < -0.4 is 10.1 Å². The Morgan fingerprint density at radius 1 is 0.927 bits per heavy atom. The molecule has 1 fully saturated rings. The summed E-state index contributed by atoms with van der Waals surface area (Å²) in [5.41, 5.74) is 2.04. The molecule has 0 aromatic heterocycles. The number of piperidine rings is 1. The van der Waals surface area contributed by atoms with Crippen LogP contribution in [0.1, 0.15) is 67.8 Å². The molecule has 0 atom stereocenters. The summed E-state index contributed by atoms with van der Waals surface area (Å²) < 4.78 is 33.8. The van der Waals surface area contributed by atoms with E-state index < -0.39 is 15.9 Å². The second-order valence-electron chi connectivity index (χ2n) is 10.5. The smallest absolute Gasteiger partial charge is 0.255 e. The Kier molecular flexibility index (Phi) is 11.5. The number of rotatable bonds is 13. The first-order chi connectivity index (χ1) is 19.8. The molecule has 3 aromatic carbocycles. The number of hydrogen-bond acceptors (Lipinski definition) is 4. The van der Waals surface area contributed by atoms with Gasteiger partial charge < -0.3 is 10.1 Å². The van der Waals surface area contributed by atoms with E-state index in [4.69, 9.17) is 27.9 Å². The first-order valence-corrected chi connectivity index (χ1v) is 16.5. The number of benzene rings is 3. The maximum Gasteiger partial charge on any atom is 0.255 e. The van der Waals surface area contributed by atoms with E-state index in [2.05, 4.69) is 24.4 Å². The van der Waals surface area contributed by atoms with Crippen LogP contribution in [-0.4, -0.2) is 38.3 Å². The third kappa shape index (κ3) is 8.71. The number of anilines is 1. The monoisotopic (exact) mass is 616 g/mol. The Balaban J connectivity index is 1.31. The second-order valence-corrected chi connectivity index (χ2v) is 13.3. The molecule has 1 heterocycles. The third-order valence-corrected chi connectivity index (χ3v) is 9.92. The Labute approximate surface area is 254 Å². The minimum Gasteiger partial charge on any atom is -0.490 e. The highest BCUT2D eigenvalue weighted by Crippen LogP contribution is 2.35. The molecule has 3 aromatic rings. The van der Waals surface area contributed by atoms with Gasteiger partial charge in [-0.15, -0.1) is 0 Å². The molecule has 0 bridgehead atoms.